The Bertz CT molecular complexity index is 420. The Hall–Kier alpha value is -1.42. The first-order valence-corrected chi connectivity index (χ1v) is 5.15. The molecule has 2 aromatic rings. The summed E-state index contributed by atoms with van der Waals surface area (Å²) < 4.78 is 0.928. The molecule has 4 heteroatoms. The molecule has 1 aromatic carbocycles. The first-order valence-electron chi connectivity index (χ1n) is 5.15. The number of hydrogen-bond donors (Lipinski definition) is 0. The van der Waals surface area contributed by atoms with Gasteiger partial charge in [0.25, 0.3) is 0 Å². The minimum atomic E-state index is 0.859. The average molecular weight is 205 g/mol. The molecular formula is C11H17N4+. The van der Waals surface area contributed by atoms with Crippen molar-refractivity contribution < 1.29 is 4.48 Å². The zero-order chi connectivity index (χ0) is 10.9. The van der Waals surface area contributed by atoms with E-state index in [0.717, 1.165) is 28.6 Å². The Kier molecular flexibility index (Phi) is 2.44. The van der Waals surface area contributed by atoms with Crippen molar-refractivity contribution in [3.05, 3.63) is 24.3 Å². The third-order valence-electron chi connectivity index (χ3n) is 2.30. The second-order valence-corrected chi connectivity index (χ2v) is 4.80. The van der Waals surface area contributed by atoms with Gasteiger partial charge < -0.3 is 4.48 Å². The van der Waals surface area contributed by atoms with E-state index >= 15 is 0 Å². The molecule has 0 N–H and O–H groups in total. The van der Waals surface area contributed by atoms with Crippen LogP contribution < -0.4 is 0 Å². The zero-order valence-corrected chi connectivity index (χ0v) is 9.51. The van der Waals surface area contributed by atoms with E-state index in [4.69, 9.17) is 0 Å². The number of fused-ring (bicyclic) bond motifs is 1. The molecule has 0 amide bonds. The van der Waals surface area contributed by atoms with Gasteiger partial charge in [-0.1, -0.05) is 12.1 Å². The molecule has 2 rings (SSSR count). The average Bonchev–Trinajstić information content (AvgIpc) is 2.56. The van der Waals surface area contributed by atoms with E-state index in [2.05, 4.69) is 31.3 Å². The van der Waals surface area contributed by atoms with Gasteiger partial charge in [-0.2, -0.15) is 15.0 Å². The predicted molar refractivity (Wildman–Crippen MR) is 60.4 cm³/mol. The quantitative estimate of drug-likeness (QED) is 0.703. The fourth-order valence-corrected chi connectivity index (χ4v) is 1.39. The second kappa shape index (κ2) is 3.62. The molecule has 0 spiro atoms. The van der Waals surface area contributed by atoms with Crippen LogP contribution in [-0.2, 0) is 6.54 Å². The van der Waals surface area contributed by atoms with Gasteiger partial charge >= 0.3 is 0 Å². The Morgan fingerprint density at radius 1 is 1.07 bits per heavy atom. The third kappa shape index (κ3) is 2.53. The van der Waals surface area contributed by atoms with Crippen LogP contribution in [0, 0.1) is 0 Å². The van der Waals surface area contributed by atoms with E-state index in [-0.39, 0.29) is 0 Å². The van der Waals surface area contributed by atoms with E-state index in [1.165, 1.54) is 0 Å². The summed E-state index contributed by atoms with van der Waals surface area (Å²) in [6.07, 6.45) is 0. The molecule has 0 unspecified atom stereocenters. The maximum Gasteiger partial charge on any atom is 0.113 e. The van der Waals surface area contributed by atoms with Crippen molar-refractivity contribution in [2.45, 2.75) is 6.54 Å². The van der Waals surface area contributed by atoms with Crippen LogP contribution in [0.2, 0.25) is 0 Å². The predicted octanol–water partition coefficient (Wildman–Crippen LogP) is 1.14. The van der Waals surface area contributed by atoms with Gasteiger partial charge in [-0.3, -0.25) is 0 Å². The van der Waals surface area contributed by atoms with E-state index in [9.17, 15) is 0 Å². The molecule has 80 valence electrons. The highest BCUT2D eigenvalue weighted by atomic mass is 15.5. The molecule has 0 atom stereocenters. The van der Waals surface area contributed by atoms with Crippen LogP contribution in [-0.4, -0.2) is 47.2 Å². The summed E-state index contributed by atoms with van der Waals surface area (Å²) in [4.78, 5) is 1.79. The number of benzene rings is 1. The standard InChI is InChI=1S/C11H17N4/c1-15(2,3)9-8-14-12-10-6-4-5-7-11(10)13-14/h4-7H,8-9H2,1-3H3/q+1. The normalized spacial score (nSPS) is 12.2. The molecule has 15 heavy (non-hydrogen) atoms. The maximum absolute atomic E-state index is 4.41. The molecule has 1 heterocycles. The summed E-state index contributed by atoms with van der Waals surface area (Å²) in [6, 6.07) is 7.96. The van der Waals surface area contributed by atoms with E-state index in [1.807, 2.05) is 24.3 Å². The Morgan fingerprint density at radius 2 is 1.60 bits per heavy atom. The van der Waals surface area contributed by atoms with Crippen LogP contribution in [0.1, 0.15) is 0 Å². The Morgan fingerprint density at radius 3 is 2.07 bits per heavy atom. The maximum atomic E-state index is 4.41. The lowest BCUT2D eigenvalue weighted by atomic mass is 10.3. The van der Waals surface area contributed by atoms with Crippen LogP contribution >= 0.6 is 0 Å². The molecule has 0 saturated carbocycles. The van der Waals surface area contributed by atoms with Gasteiger partial charge in [0.1, 0.15) is 17.6 Å². The highest BCUT2D eigenvalue weighted by molar-refractivity contribution is 5.72. The topological polar surface area (TPSA) is 30.7 Å². The zero-order valence-electron chi connectivity index (χ0n) is 9.51. The number of rotatable bonds is 3. The van der Waals surface area contributed by atoms with Crippen molar-refractivity contribution in [2.24, 2.45) is 0 Å². The summed E-state index contributed by atoms with van der Waals surface area (Å²) >= 11 is 0. The molecule has 0 aliphatic carbocycles. The summed E-state index contributed by atoms with van der Waals surface area (Å²) in [7, 11) is 6.51. The van der Waals surface area contributed by atoms with E-state index < -0.39 is 0 Å². The summed E-state index contributed by atoms with van der Waals surface area (Å²) in [5.74, 6) is 0. The molecule has 0 radical (unpaired) electrons. The molecule has 0 aliphatic rings. The van der Waals surface area contributed by atoms with Crippen molar-refractivity contribution in [1.82, 2.24) is 15.0 Å². The number of quaternary nitrogens is 1. The fraction of sp³-hybridized carbons (Fsp3) is 0.455. The first-order chi connectivity index (χ1) is 7.04. The molecule has 0 aliphatic heterocycles. The lowest BCUT2D eigenvalue weighted by Gasteiger charge is -2.23. The smallest absolute Gasteiger partial charge is 0.113 e. The molecule has 0 bridgehead atoms. The van der Waals surface area contributed by atoms with Crippen LogP contribution in [0.5, 0.6) is 0 Å². The first kappa shape index (κ1) is 10.1. The molecular weight excluding hydrogens is 188 g/mol. The molecule has 0 fully saturated rings. The number of hydrogen-bond acceptors (Lipinski definition) is 2. The summed E-state index contributed by atoms with van der Waals surface area (Å²) in [6.45, 7) is 1.89. The lowest BCUT2D eigenvalue weighted by molar-refractivity contribution is -0.871. The number of aromatic nitrogens is 3. The molecule has 4 nitrogen and oxygen atoms in total. The van der Waals surface area contributed by atoms with Crippen LogP contribution in [0.15, 0.2) is 24.3 Å². The highest BCUT2D eigenvalue weighted by Crippen LogP contribution is 2.06. The van der Waals surface area contributed by atoms with Crippen molar-refractivity contribution in [3.8, 4) is 0 Å². The fourth-order valence-electron chi connectivity index (χ4n) is 1.39. The van der Waals surface area contributed by atoms with Crippen LogP contribution in [0.3, 0.4) is 0 Å². The van der Waals surface area contributed by atoms with Gasteiger partial charge in [0.15, 0.2) is 0 Å². The van der Waals surface area contributed by atoms with Gasteiger partial charge in [-0.15, -0.1) is 0 Å². The van der Waals surface area contributed by atoms with Gasteiger partial charge in [-0.05, 0) is 12.1 Å². The summed E-state index contributed by atoms with van der Waals surface area (Å²) in [5.41, 5.74) is 1.94. The van der Waals surface area contributed by atoms with Gasteiger partial charge in [0, 0.05) is 0 Å². The largest absolute Gasteiger partial charge is 0.329 e. The second-order valence-electron chi connectivity index (χ2n) is 4.80. The monoisotopic (exact) mass is 205 g/mol. The van der Waals surface area contributed by atoms with Crippen LogP contribution in [0.4, 0.5) is 0 Å². The Balaban J connectivity index is 2.16. The lowest BCUT2D eigenvalue weighted by Crippen LogP contribution is -2.37. The van der Waals surface area contributed by atoms with Gasteiger partial charge in [0.2, 0.25) is 0 Å². The third-order valence-corrected chi connectivity index (χ3v) is 2.30. The van der Waals surface area contributed by atoms with Crippen molar-refractivity contribution in [1.29, 1.82) is 0 Å². The van der Waals surface area contributed by atoms with Crippen LogP contribution in [0.25, 0.3) is 11.0 Å². The minimum absolute atomic E-state index is 0.859. The van der Waals surface area contributed by atoms with Crippen molar-refractivity contribution in [3.63, 3.8) is 0 Å². The van der Waals surface area contributed by atoms with Crippen molar-refractivity contribution >= 4 is 11.0 Å². The summed E-state index contributed by atoms with van der Waals surface area (Å²) in [5, 5.41) is 8.82. The number of likely N-dealkylation sites (N-methyl/N-ethyl adjacent to an activating group) is 1. The minimum Gasteiger partial charge on any atom is -0.329 e. The molecule has 1 aromatic heterocycles. The van der Waals surface area contributed by atoms with Crippen molar-refractivity contribution in [2.75, 3.05) is 27.7 Å². The molecule has 0 saturated heterocycles. The van der Waals surface area contributed by atoms with Gasteiger partial charge in [-0.25, -0.2) is 0 Å². The van der Waals surface area contributed by atoms with Gasteiger partial charge in [0.05, 0.1) is 27.7 Å². The van der Waals surface area contributed by atoms with E-state index in [0.29, 0.717) is 0 Å². The van der Waals surface area contributed by atoms with E-state index in [1.54, 1.807) is 4.80 Å². The highest BCUT2D eigenvalue weighted by Gasteiger charge is 2.08. The number of nitrogens with zero attached hydrogens (tertiary/aromatic N) is 4. The SMILES string of the molecule is C[N+](C)(C)CCn1nc2ccccc2n1. The Labute approximate surface area is 89.7 Å².